The lowest BCUT2D eigenvalue weighted by molar-refractivity contribution is -0.121. The number of methoxy groups -OCH3 is 1. The van der Waals surface area contributed by atoms with Crippen LogP contribution in [0, 0.1) is 12.8 Å². The van der Waals surface area contributed by atoms with Crippen molar-refractivity contribution in [3.63, 3.8) is 0 Å². The molecule has 1 aromatic carbocycles. The number of rotatable bonds is 6. The number of carbonyl (C=O) groups excluding carboxylic acids is 2. The van der Waals surface area contributed by atoms with Gasteiger partial charge in [0.2, 0.25) is 11.8 Å². The van der Waals surface area contributed by atoms with Crippen molar-refractivity contribution in [2.24, 2.45) is 5.92 Å². The number of anilines is 2. The van der Waals surface area contributed by atoms with E-state index in [-0.39, 0.29) is 24.3 Å². The van der Waals surface area contributed by atoms with Crippen molar-refractivity contribution in [3.8, 4) is 5.75 Å². The van der Waals surface area contributed by atoms with E-state index in [1.54, 1.807) is 31.5 Å². The van der Waals surface area contributed by atoms with Gasteiger partial charge in [0.25, 0.3) is 0 Å². The monoisotopic (exact) mass is 416 g/mol. The molecule has 0 aliphatic carbocycles. The summed E-state index contributed by atoms with van der Waals surface area (Å²) >= 11 is 6.00. The molecule has 1 aliphatic heterocycles. The Labute approximate surface area is 175 Å². The van der Waals surface area contributed by atoms with Gasteiger partial charge in [-0.3, -0.25) is 14.5 Å². The molecule has 2 amide bonds. The van der Waals surface area contributed by atoms with Gasteiger partial charge in [0, 0.05) is 17.1 Å². The van der Waals surface area contributed by atoms with Crippen molar-refractivity contribution in [1.29, 1.82) is 0 Å². The highest BCUT2D eigenvalue weighted by atomic mass is 35.5. The zero-order valence-electron chi connectivity index (χ0n) is 16.6. The van der Waals surface area contributed by atoms with Gasteiger partial charge in [-0.25, -0.2) is 4.98 Å². The maximum absolute atomic E-state index is 12.5. The number of aromatic nitrogens is 1. The quantitative estimate of drug-likeness (QED) is 0.754. The number of amides is 2. The van der Waals surface area contributed by atoms with Crippen LogP contribution in [0.15, 0.2) is 36.5 Å². The molecule has 3 rings (SSSR count). The number of aryl methyl sites for hydroxylation is 1. The lowest BCUT2D eigenvalue weighted by Gasteiger charge is -2.30. The van der Waals surface area contributed by atoms with Gasteiger partial charge < -0.3 is 15.4 Å². The summed E-state index contributed by atoms with van der Waals surface area (Å²) in [7, 11) is 1.54. The Morgan fingerprint density at radius 2 is 1.97 bits per heavy atom. The molecule has 2 heterocycles. The minimum Gasteiger partial charge on any atom is -0.495 e. The first-order valence-corrected chi connectivity index (χ1v) is 9.91. The highest BCUT2D eigenvalue weighted by molar-refractivity contribution is 6.31. The third kappa shape index (κ3) is 5.92. The molecule has 2 N–H and O–H groups in total. The second-order valence-electron chi connectivity index (χ2n) is 7.15. The largest absolute Gasteiger partial charge is 0.495 e. The summed E-state index contributed by atoms with van der Waals surface area (Å²) in [4.78, 5) is 31.1. The maximum Gasteiger partial charge on any atom is 0.238 e. The van der Waals surface area contributed by atoms with Crippen molar-refractivity contribution < 1.29 is 14.3 Å². The SMILES string of the molecule is COc1ccc(Cl)cc1NC(=O)CN1CCC(C(=O)Nc2cc(C)ccn2)CC1. The number of nitrogens with one attached hydrogen (secondary N) is 2. The number of carbonyl (C=O) groups is 2. The number of halogens is 1. The van der Waals surface area contributed by atoms with E-state index in [9.17, 15) is 9.59 Å². The first kappa shape index (κ1) is 21.1. The van der Waals surface area contributed by atoms with Gasteiger partial charge in [-0.1, -0.05) is 11.6 Å². The summed E-state index contributed by atoms with van der Waals surface area (Å²) in [5.41, 5.74) is 1.59. The molecule has 1 fully saturated rings. The topological polar surface area (TPSA) is 83.6 Å². The number of piperidine rings is 1. The fraction of sp³-hybridized carbons (Fsp3) is 0.381. The molecular formula is C21H25ClN4O3. The Morgan fingerprint density at radius 1 is 1.21 bits per heavy atom. The Bertz CT molecular complexity index is 882. The van der Waals surface area contributed by atoms with Crippen LogP contribution in [0.3, 0.4) is 0 Å². The minimum absolute atomic E-state index is 0.0177. The van der Waals surface area contributed by atoms with E-state index >= 15 is 0 Å². The summed E-state index contributed by atoms with van der Waals surface area (Å²) < 4.78 is 5.25. The summed E-state index contributed by atoms with van der Waals surface area (Å²) in [6.45, 7) is 3.57. The molecule has 0 radical (unpaired) electrons. The number of likely N-dealkylation sites (tertiary alicyclic amines) is 1. The van der Waals surface area contributed by atoms with Gasteiger partial charge in [-0.2, -0.15) is 0 Å². The van der Waals surface area contributed by atoms with Gasteiger partial charge in [0.05, 0.1) is 19.3 Å². The van der Waals surface area contributed by atoms with Crippen LogP contribution in [0.25, 0.3) is 0 Å². The normalized spacial score (nSPS) is 15.0. The minimum atomic E-state index is -0.141. The van der Waals surface area contributed by atoms with Crippen LogP contribution in [0.4, 0.5) is 11.5 Å². The van der Waals surface area contributed by atoms with Gasteiger partial charge in [0.1, 0.15) is 11.6 Å². The average molecular weight is 417 g/mol. The first-order valence-electron chi connectivity index (χ1n) is 9.54. The Kier molecular flexibility index (Phi) is 7.06. The zero-order chi connectivity index (χ0) is 20.8. The van der Waals surface area contributed by atoms with Gasteiger partial charge in [0.15, 0.2) is 0 Å². The average Bonchev–Trinajstić information content (AvgIpc) is 2.68. The fourth-order valence-electron chi connectivity index (χ4n) is 3.36. The van der Waals surface area contributed by atoms with Crippen LogP contribution in [-0.2, 0) is 9.59 Å². The molecule has 0 atom stereocenters. The molecule has 8 heteroatoms. The molecule has 7 nitrogen and oxygen atoms in total. The number of pyridine rings is 1. The molecule has 154 valence electrons. The van der Waals surface area contributed by atoms with Gasteiger partial charge in [-0.15, -0.1) is 0 Å². The number of hydrogen-bond donors (Lipinski definition) is 2. The molecule has 1 aliphatic rings. The molecule has 1 aromatic heterocycles. The van der Waals surface area contributed by atoms with E-state index in [0.29, 0.717) is 48.2 Å². The summed E-state index contributed by atoms with van der Waals surface area (Å²) in [5, 5.41) is 6.25. The molecule has 0 saturated carbocycles. The van der Waals surface area contributed by atoms with Gasteiger partial charge >= 0.3 is 0 Å². The molecule has 1 saturated heterocycles. The molecule has 0 unspecified atom stereocenters. The van der Waals surface area contributed by atoms with Crippen molar-refractivity contribution >= 4 is 34.9 Å². The van der Waals surface area contributed by atoms with Crippen LogP contribution in [-0.4, -0.2) is 48.4 Å². The molecule has 0 spiro atoms. The first-order chi connectivity index (χ1) is 13.9. The van der Waals surface area contributed by atoms with Crippen LogP contribution in [0.2, 0.25) is 5.02 Å². The summed E-state index contributed by atoms with van der Waals surface area (Å²) in [6.07, 6.45) is 3.08. The smallest absolute Gasteiger partial charge is 0.238 e. The second-order valence-corrected chi connectivity index (χ2v) is 7.59. The number of benzene rings is 1. The second kappa shape index (κ2) is 9.71. The van der Waals surface area contributed by atoms with Crippen LogP contribution < -0.4 is 15.4 Å². The van der Waals surface area contributed by atoms with Crippen LogP contribution in [0.1, 0.15) is 18.4 Å². The van der Waals surface area contributed by atoms with E-state index < -0.39 is 0 Å². The van der Waals surface area contributed by atoms with Crippen molar-refractivity contribution in [3.05, 3.63) is 47.1 Å². The summed E-state index contributed by atoms with van der Waals surface area (Å²) in [6, 6.07) is 8.82. The van der Waals surface area contributed by atoms with Gasteiger partial charge in [-0.05, 0) is 68.8 Å². The number of hydrogen-bond acceptors (Lipinski definition) is 5. The Hall–Kier alpha value is -2.64. The molecule has 0 bridgehead atoms. The zero-order valence-corrected chi connectivity index (χ0v) is 17.3. The molecule has 2 aromatic rings. The Morgan fingerprint density at radius 3 is 2.66 bits per heavy atom. The maximum atomic E-state index is 12.5. The lowest BCUT2D eigenvalue weighted by atomic mass is 9.96. The van der Waals surface area contributed by atoms with Crippen molar-refractivity contribution in [1.82, 2.24) is 9.88 Å². The van der Waals surface area contributed by atoms with Crippen LogP contribution >= 0.6 is 11.6 Å². The van der Waals surface area contributed by atoms with E-state index in [1.807, 2.05) is 24.0 Å². The third-order valence-electron chi connectivity index (χ3n) is 4.93. The number of nitrogens with zero attached hydrogens (tertiary/aromatic N) is 2. The van der Waals surface area contributed by atoms with Crippen molar-refractivity contribution in [2.45, 2.75) is 19.8 Å². The predicted molar refractivity (Wildman–Crippen MR) is 113 cm³/mol. The van der Waals surface area contributed by atoms with E-state index in [2.05, 4.69) is 15.6 Å². The number of ether oxygens (including phenoxy) is 1. The fourth-order valence-corrected chi connectivity index (χ4v) is 3.53. The van der Waals surface area contributed by atoms with E-state index in [0.717, 1.165) is 5.56 Å². The third-order valence-corrected chi connectivity index (χ3v) is 5.16. The lowest BCUT2D eigenvalue weighted by Crippen LogP contribution is -2.41. The van der Waals surface area contributed by atoms with E-state index in [4.69, 9.17) is 16.3 Å². The standard InChI is InChI=1S/C21H25ClN4O3/c1-14-5-8-23-19(11-14)25-21(28)15-6-9-26(10-7-15)13-20(27)24-17-12-16(22)3-4-18(17)29-2/h3-5,8,11-12,15H,6-7,9-10,13H2,1-2H3,(H,24,27)(H,23,25,28). The highest BCUT2D eigenvalue weighted by Crippen LogP contribution is 2.27. The predicted octanol–water partition coefficient (Wildman–Crippen LogP) is 3.34. The molecule has 29 heavy (non-hydrogen) atoms. The summed E-state index contributed by atoms with van der Waals surface area (Å²) in [5.74, 6) is 0.896. The van der Waals surface area contributed by atoms with E-state index in [1.165, 1.54) is 0 Å². The molecular weight excluding hydrogens is 392 g/mol. The van der Waals surface area contributed by atoms with Crippen LogP contribution in [0.5, 0.6) is 5.75 Å². The van der Waals surface area contributed by atoms with Crippen molar-refractivity contribution in [2.75, 3.05) is 37.4 Å². The Balaban J connectivity index is 1.47. The highest BCUT2D eigenvalue weighted by Gasteiger charge is 2.26.